The minimum atomic E-state index is -0.531. The van der Waals surface area contributed by atoms with Gasteiger partial charge in [0.25, 0.3) is 0 Å². The highest BCUT2D eigenvalue weighted by molar-refractivity contribution is 5.67. The number of carbonyl (C=O) groups is 1. The van der Waals surface area contributed by atoms with E-state index in [2.05, 4.69) is 30.7 Å². The Morgan fingerprint density at radius 1 is 1.00 bits per heavy atom. The lowest BCUT2D eigenvalue weighted by Crippen LogP contribution is -2.32. The Kier molecular flexibility index (Phi) is 6.20. The first-order valence-electron chi connectivity index (χ1n) is 9.40. The average molecular weight is 408 g/mol. The van der Waals surface area contributed by atoms with Crippen LogP contribution in [-0.4, -0.2) is 44.2 Å². The van der Waals surface area contributed by atoms with Crippen molar-refractivity contribution in [2.75, 3.05) is 7.11 Å². The maximum Gasteiger partial charge on any atom is 0.407 e. The largest absolute Gasteiger partial charge is 0.496 e. The van der Waals surface area contributed by atoms with E-state index in [-0.39, 0.29) is 0 Å². The summed E-state index contributed by atoms with van der Waals surface area (Å²) < 4.78 is 10.5. The average Bonchev–Trinajstić information content (AvgIpc) is 2.72. The van der Waals surface area contributed by atoms with E-state index in [0.29, 0.717) is 29.6 Å². The summed E-state index contributed by atoms with van der Waals surface area (Å²) in [4.78, 5) is 16.0. The number of ether oxygens (including phenoxy) is 2. The Labute approximate surface area is 174 Å². The summed E-state index contributed by atoms with van der Waals surface area (Å²) in [5.74, 6) is 1.42. The molecule has 156 valence electrons. The summed E-state index contributed by atoms with van der Waals surface area (Å²) in [5.41, 5.74) is 2.54. The van der Waals surface area contributed by atoms with Gasteiger partial charge in [0.1, 0.15) is 17.0 Å². The third-order valence-electron chi connectivity index (χ3n) is 4.11. The Hall–Kier alpha value is -3.62. The van der Waals surface area contributed by atoms with Crippen LogP contribution in [0.5, 0.6) is 5.75 Å². The second-order valence-electron chi connectivity index (χ2n) is 7.59. The molecule has 1 N–H and O–H groups in total. The number of rotatable bonds is 5. The van der Waals surface area contributed by atoms with Crippen LogP contribution in [0.15, 0.2) is 36.5 Å². The van der Waals surface area contributed by atoms with Gasteiger partial charge < -0.3 is 14.8 Å². The van der Waals surface area contributed by atoms with Crippen LogP contribution in [0.4, 0.5) is 4.79 Å². The van der Waals surface area contributed by atoms with Crippen LogP contribution in [0, 0.1) is 6.92 Å². The van der Waals surface area contributed by atoms with Gasteiger partial charge in [0.2, 0.25) is 11.6 Å². The van der Waals surface area contributed by atoms with E-state index >= 15 is 0 Å². The topological polar surface area (TPSA) is 112 Å². The number of pyridine rings is 1. The molecular weight excluding hydrogens is 384 g/mol. The Bertz CT molecular complexity index is 1010. The first-order chi connectivity index (χ1) is 14.3. The number of alkyl carbamates (subject to hydrolysis) is 1. The van der Waals surface area contributed by atoms with Crippen LogP contribution >= 0.6 is 0 Å². The smallest absolute Gasteiger partial charge is 0.407 e. The lowest BCUT2D eigenvalue weighted by molar-refractivity contribution is 0.0523. The van der Waals surface area contributed by atoms with Crippen molar-refractivity contribution in [1.82, 2.24) is 30.7 Å². The van der Waals surface area contributed by atoms with Crippen molar-refractivity contribution >= 4 is 6.09 Å². The van der Waals surface area contributed by atoms with E-state index in [4.69, 9.17) is 9.47 Å². The zero-order valence-corrected chi connectivity index (χ0v) is 17.6. The van der Waals surface area contributed by atoms with E-state index in [9.17, 15) is 4.79 Å². The van der Waals surface area contributed by atoms with Crippen LogP contribution in [0.3, 0.4) is 0 Å². The van der Waals surface area contributed by atoms with Crippen molar-refractivity contribution in [3.05, 3.63) is 47.7 Å². The standard InChI is InChI=1S/C21H24N6O3/c1-13-16(29-5)10-11-22-17(13)19-26-24-18(25-27-19)15-8-6-14(7-9-15)12-23-20(28)30-21(2,3)4/h6-11H,12H2,1-5H3,(H,23,28). The number of hydrogen-bond donors (Lipinski definition) is 1. The zero-order valence-electron chi connectivity index (χ0n) is 17.6. The summed E-state index contributed by atoms with van der Waals surface area (Å²) in [7, 11) is 1.60. The molecule has 9 nitrogen and oxygen atoms in total. The molecule has 0 aliphatic rings. The first kappa shape index (κ1) is 21.1. The second-order valence-corrected chi connectivity index (χ2v) is 7.59. The van der Waals surface area contributed by atoms with E-state index in [1.54, 1.807) is 19.4 Å². The number of benzene rings is 1. The van der Waals surface area contributed by atoms with Crippen molar-refractivity contribution < 1.29 is 14.3 Å². The summed E-state index contributed by atoms with van der Waals surface area (Å²) in [5, 5.41) is 19.4. The molecule has 0 radical (unpaired) electrons. The minimum Gasteiger partial charge on any atom is -0.496 e. The van der Waals surface area contributed by atoms with Gasteiger partial charge in [-0.25, -0.2) is 4.79 Å². The van der Waals surface area contributed by atoms with Crippen molar-refractivity contribution in [1.29, 1.82) is 0 Å². The van der Waals surface area contributed by atoms with E-state index in [1.165, 1.54) is 0 Å². The van der Waals surface area contributed by atoms with Gasteiger partial charge in [-0.15, -0.1) is 20.4 Å². The molecule has 0 unspecified atom stereocenters. The molecule has 0 fully saturated rings. The molecule has 0 atom stereocenters. The molecule has 0 aliphatic carbocycles. The molecule has 1 aromatic carbocycles. The van der Waals surface area contributed by atoms with E-state index < -0.39 is 11.7 Å². The molecule has 0 bridgehead atoms. The van der Waals surface area contributed by atoms with Gasteiger partial charge in [-0.2, -0.15) is 0 Å². The fourth-order valence-corrected chi connectivity index (χ4v) is 2.66. The first-order valence-corrected chi connectivity index (χ1v) is 9.40. The Balaban J connectivity index is 1.68. The molecule has 2 heterocycles. The predicted octanol–water partition coefficient (Wildman–Crippen LogP) is 3.34. The minimum absolute atomic E-state index is 0.327. The number of nitrogens with one attached hydrogen (secondary N) is 1. The molecule has 0 aliphatic heterocycles. The molecule has 2 aromatic heterocycles. The summed E-state index contributed by atoms with van der Waals surface area (Å²) in [6, 6.07) is 9.21. The second kappa shape index (κ2) is 8.81. The number of amides is 1. The summed E-state index contributed by atoms with van der Waals surface area (Å²) in [6.07, 6.45) is 1.17. The van der Waals surface area contributed by atoms with Gasteiger partial charge in [-0.05, 0) is 39.3 Å². The number of nitrogens with zero attached hydrogens (tertiary/aromatic N) is 5. The molecule has 1 amide bonds. The number of carbonyl (C=O) groups excluding carboxylic acids is 1. The third-order valence-corrected chi connectivity index (χ3v) is 4.11. The Morgan fingerprint density at radius 2 is 1.63 bits per heavy atom. The zero-order chi connectivity index (χ0) is 21.7. The van der Waals surface area contributed by atoms with Crippen molar-refractivity contribution in [2.45, 2.75) is 39.8 Å². The third kappa shape index (κ3) is 5.25. The fraction of sp³-hybridized carbons (Fsp3) is 0.333. The lowest BCUT2D eigenvalue weighted by atomic mass is 10.1. The van der Waals surface area contributed by atoms with Crippen molar-refractivity contribution in [3.8, 4) is 28.7 Å². The summed E-state index contributed by atoms with van der Waals surface area (Å²) in [6.45, 7) is 7.69. The maximum atomic E-state index is 11.8. The van der Waals surface area contributed by atoms with Crippen LogP contribution in [0.2, 0.25) is 0 Å². The summed E-state index contributed by atoms with van der Waals surface area (Å²) >= 11 is 0. The number of hydrogen-bond acceptors (Lipinski definition) is 8. The van der Waals surface area contributed by atoms with Crippen molar-refractivity contribution in [3.63, 3.8) is 0 Å². The van der Waals surface area contributed by atoms with Gasteiger partial charge in [-0.3, -0.25) is 4.98 Å². The monoisotopic (exact) mass is 408 g/mol. The number of aromatic nitrogens is 5. The normalized spacial score (nSPS) is 11.1. The Morgan fingerprint density at radius 3 is 2.23 bits per heavy atom. The van der Waals surface area contributed by atoms with Gasteiger partial charge >= 0.3 is 6.09 Å². The van der Waals surface area contributed by atoms with Gasteiger partial charge in [0, 0.05) is 23.9 Å². The molecule has 9 heteroatoms. The molecule has 0 spiro atoms. The molecule has 0 saturated carbocycles. The highest BCUT2D eigenvalue weighted by Gasteiger charge is 2.16. The van der Waals surface area contributed by atoms with Crippen LogP contribution in [0.25, 0.3) is 22.9 Å². The SMILES string of the molecule is COc1ccnc(-c2nnc(-c3ccc(CNC(=O)OC(C)(C)C)cc3)nn2)c1C. The molecule has 0 saturated heterocycles. The van der Waals surface area contributed by atoms with Crippen LogP contribution < -0.4 is 10.1 Å². The molecular formula is C21H24N6O3. The number of methoxy groups -OCH3 is 1. The van der Waals surface area contributed by atoms with Gasteiger partial charge in [-0.1, -0.05) is 24.3 Å². The molecule has 30 heavy (non-hydrogen) atoms. The van der Waals surface area contributed by atoms with E-state index in [1.807, 2.05) is 52.0 Å². The fourth-order valence-electron chi connectivity index (χ4n) is 2.66. The highest BCUT2D eigenvalue weighted by Crippen LogP contribution is 2.25. The van der Waals surface area contributed by atoms with Gasteiger partial charge in [0.15, 0.2) is 0 Å². The lowest BCUT2D eigenvalue weighted by Gasteiger charge is -2.19. The van der Waals surface area contributed by atoms with Crippen molar-refractivity contribution in [2.24, 2.45) is 0 Å². The van der Waals surface area contributed by atoms with Crippen LogP contribution in [0.1, 0.15) is 31.9 Å². The van der Waals surface area contributed by atoms with Crippen LogP contribution in [-0.2, 0) is 11.3 Å². The highest BCUT2D eigenvalue weighted by atomic mass is 16.6. The maximum absolute atomic E-state index is 11.8. The molecule has 3 rings (SSSR count). The van der Waals surface area contributed by atoms with E-state index in [0.717, 1.165) is 16.7 Å². The molecule has 3 aromatic rings. The predicted molar refractivity (Wildman–Crippen MR) is 111 cm³/mol. The van der Waals surface area contributed by atoms with Gasteiger partial charge in [0.05, 0.1) is 7.11 Å². The quantitative estimate of drug-likeness (QED) is 0.684.